The summed E-state index contributed by atoms with van der Waals surface area (Å²) in [6.45, 7) is 6.55. The zero-order valence-corrected chi connectivity index (χ0v) is 18.7. The minimum Gasteiger partial charge on any atom is -0.444 e. The number of ether oxygens (including phenoxy) is 1. The van der Waals surface area contributed by atoms with Gasteiger partial charge in [0, 0.05) is 29.5 Å². The number of nitrogens with one attached hydrogen (secondary N) is 1. The molecule has 1 aliphatic rings. The van der Waals surface area contributed by atoms with Crippen molar-refractivity contribution < 1.29 is 9.53 Å². The molecule has 8 nitrogen and oxygen atoms in total. The summed E-state index contributed by atoms with van der Waals surface area (Å²) in [4.78, 5) is 35.0. The maximum Gasteiger partial charge on any atom is 0.410 e. The molecule has 1 amide bonds. The molecule has 0 spiro atoms. The lowest BCUT2D eigenvalue weighted by Gasteiger charge is -2.41. The van der Waals surface area contributed by atoms with Crippen LogP contribution in [0.5, 0.6) is 0 Å². The van der Waals surface area contributed by atoms with Crippen molar-refractivity contribution >= 4 is 50.3 Å². The molecule has 1 aliphatic heterocycles. The van der Waals surface area contributed by atoms with Crippen LogP contribution in [-0.4, -0.2) is 52.2 Å². The van der Waals surface area contributed by atoms with Crippen molar-refractivity contribution in [2.75, 3.05) is 24.5 Å². The number of fused-ring (bicyclic) bond motifs is 1. The molecule has 1 saturated heterocycles. The predicted molar refractivity (Wildman–Crippen MR) is 114 cm³/mol. The summed E-state index contributed by atoms with van der Waals surface area (Å²) < 4.78 is 6.14. The Hall–Kier alpha value is -2.31. The molecule has 0 saturated carbocycles. The lowest BCUT2D eigenvalue weighted by atomic mass is 10.1. The highest BCUT2D eigenvalue weighted by Gasteiger charge is 2.34. The predicted octanol–water partition coefficient (Wildman–Crippen LogP) is 3.68. The highest BCUT2D eigenvalue weighted by atomic mass is 79.9. The van der Waals surface area contributed by atoms with Crippen LogP contribution in [0.3, 0.4) is 0 Å². The molecule has 1 fully saturated rings. The summed E-state index contributed by atoms with van der Waals surface area (Å²) in [6, 6.07) is 5.21. The zero-order chi connectivity index (χ0) is 21.3. The third-order valence-corrected chi connectivity index (χ3v) is 5.68. The van der Waals surface area contributed by atoms with Gasteiger partial charge >= 0.3 is 11.8 Å². The molecule has 1 N–H and O–H groups in total. The third-order valence-electron chi connectivity index (χ3n) is 4.49. The van der Waals surface area contributed by atoms with Gasteiger partial charge in [0.25, 0.3) is 0 Å². The van der Waals surface area contributed by atoms with Crippen LogP contribution < -0.4 is 10.6 Å². The average molecular weight is 483 g/mol. The van der Waals surface area contributed by atoms with Crippen LogP contribution in [0.25, 0.3) is 10.9 Å². The van der Waals surface area contributed by atoms with E-state index in [2.05, 4.69) is 32.0 Å². The first-order chi connectivity index (χ1) is 13.6. The molecule has 3 rings (SSSR count). The van der Waals surface area contributed by atoms with Crippen molar-refractivity contribution in [3.05, 3.63) is 32.1 Å². The number of benzene rings is 1. The minimum absolute atomic E-state index is 0.142. The van der Waals surface area contributed by atoms with E-state index in [0.29, 0.717) is 45.9 Å². The number of hydrogen-bond donors (Lipinski definition) is 1. The molecule has 1 atom stereocenters. The van der Waals surface area contributed by atoms with E-state index in [0.717, 1.165) is 0 Å². The van der Waals surface area contributed by atoms with Gasteiger partial charge in [-0.15, -0.1) is 0 Å². The highest BCUT2D eigenvalue weighted by molar-refractivity contribution is 9.10. The Labute approximate surface area is 181 Å². The van der Waals surface area contributed by atoms with Gasteiger partial charge in [-0.25, -0.2) is 9.59 Å². The number of rotatable bonds is 2. The van der Waals surface area contributed by atoms with Gasteiger partial charge in [0.2, 0.25) is 0 Å². The smallest absolute Gasteiger partial charge is 0.410 e. The molecule has 2 heterocycles. The van der Waals surface area contributed by atoms with Crippen LogP contribution in [0.1, 0.15) is 27.2 Å². The van der Waals surface area contributed by atoms with E-state index in [1.54, 1.807) is 37.8 Å². The molecular weight excluding hydrogens is 462 g/mol. The molecule has 154 valence electrons. The fraction of sp³-hybridized carbons (Fsp3) is 0.474. The van der Waals surface area contributed by atoms with E-state index < -0.39 is 17.4 Å². The van der Waals surface area contributed by atoms with E-state index in [4.69, 9.17) is 16.3 Å². The van der Waals surface area contributed by atoms with Gasteiger partial charge in [-0.3, -0.25) is 0 Å². The summed E-state index contributed by atoms with van der Waals surface area (Å²) in [6.07, 6.45) is -0.309. The number of amides is 1. The van der Waals surface area contributed by atoms with E-state index in [-0.39, 0.29) is 12.5 Å². The van der Waals surface area contributed by atoms with Gasteiger partial charge in [0.15, 0.2) is 0 Å². The van der Waals surface area contributed by atoms with E-state index >= 15 is 0 Å². The van der Waals surface area contributed by atoms with E-state index in [1.165, 1.54) is 0 Å². The van der Waals surface area contributed by atoms with Gasteiger partial charge in [-0.05, 0) is 48.8 Å². The molecule has 0 aliphatic carbocycles. The summed E-state index contributed by atoms with van der Waals surface area (Å²) in [5.74, 6) is 0.477. The molecular formula is C19H21BrClN5O3. The Bertz CT molecular complexity index is 1040. The topological polar surface area (TPSA) is 102 Å². The largest absolute Gasteiger partial charge is 0.444 e. The average Bonchev–Trinajstić information content (AvgIpc) is 2.61. The van der Waals surface area contributed by atoms with Crippen molar-refractivity contribution in [1.82, 2.24) is 14.9 Å². The monoisotopic (exact) mass is 481 g/mol. The first-order valence-corrected chi connectivity index (χ1v) is 10.3. The molecule has 0 radical (unpaired) electrons. The Kier molecular flexibility index (Phi) is 6.05. The van der Waals surface area contributed by atoms with Crippen LogP contribution in [0.4, 0.5) is 10.6 Å². The number of aromatic amines is 1. The summed E-state index contributed by atoms with van der Waals surface area (Å²) >= 11 is 9.60. The number of halogens is 2. The minimum atomic E-state index is -0.625. The van der Waals surface area contributed by atoms with E-state index in [9.17, 15) is 14.9 Å². The molecule has 1 aromatic carbocycles. The normalized spacial score (nSPS) is 17.3. The number of hydrogen-bond acceptors (Lipinski definition) is 6. The Morgan fingerprint density at radius 3 is 2.83 bits per heavy atom. The number of nitriles is 1. The molecule has 0 bridgehead atoms. The second-order valence-corrected chi connectivity index (χ2v) is 9.07. The Morgan fingerprint density at radius 2 is 2.17 bits per heavy atom. The summed E-state index contributed by atoms with van der Waals surface area (Å²) in [5, 5.41) is 10.4. The number of aromatic nitrogens is 2. The Balaban J connectivity index is 1.94. The van der Waals surface area contributed by atoms with Gasteiger partial charge < -0.3 is 19.5 Å². The maximum atomic E-state index is 12.6. The maximum absolute atomic E-state index is 12.6. The summed E-state index contributed by atoms with van der Waals surface area (Å²) in [7, 11) is 0. The lowest BCUT2D eigenvalue weighted by molar-refractivity contribution is 0.0145. The zero-order valence-electron chi connectivity index (χ0n) is 16.3. The fourth-order valence-electron chi connectivity index (χ4n) is 3.26. The lowest BCUT2D eigenvalue weighted by Crippen LogP contribution is -2.56. The molecule has 29 heavy (non-hydrogen) atoms. The quantitative estimate of drug-likeness (QED) is 0.700. The van der Waals surface area contributed by atoms with Crippen LogP contribution in [-0.2, 0) is 4.74 Å². The summed E-state index contributed by atoms with van der Waals surface area (Å²) in [5.41, 5.74) is -0.504. The SMILES string of the molecule is CC(C)(C)OC(=O)N1CCN(c2nc(=O)[nH]c3cc(Br)c(Cl)cc23)CC1CC#N. The number of H-pyrrole nitrogens is 1. The molecule has 1 aromatic heterocycles. The fourth-order valence-corrected chi connectivity index (χ4v) is 3.77. The van der Waals surface area contributed by atoms with Crippen molar-refractivity contribution in [2.45, 2.75) is 38.8 Å². The van der Waals surface area contributed by atoms with Crippen LogP contribution >= 0.6 is 27.5 Å². The van der Waals surface area contributed by atoms with Crippen LogP contribution in [0.15, 0.2) is 21.4 Å². The molecule has 2 aromatic rings. The van der Waals surface area contributed by atoms with Crippen molar-refractivity contribution in [1.29, 1.82) is 5.26 Å². The number of piperazine rings is 1. The van der Waals surface area contributed by atoms with Crippen molar-refractivity contribution in [2.24, 2.45) is 0 Å². The van der Waals surface area contributed by atoms with Crippen molar-refractivity contribution in [3.8, 4) is 6.07 Å². The first kappa shape index (κ1) is 21.4. The second kappa shape index (κ2) is 8.20. The van der Waals surface area contributed by atoms with Crippen molar-refractivity contribution in [3.63, 3.8) is 0 Å². The van der Waals surface area contributed by atoms with Gasteiger partial charge in [0.05, 0.1) is 29.1 Å². The highest BCUT2D eigenvalue weighted by Crippen LogP contribution is 2.32. The number of anilines is 1. The van der Waals surface area contributed by atoms with Crippen LogP contribution in [0.2, 0.25) is 5.02 Å². The second-order valence-electron chi connectivity index (χ2n) is 7.81. The van der Waals surface area contributed by atoms with Gasteiger partial charge in [0.1, 0.15) is 11.4 Å². The molecule has 10 heteroatoms. The third kappa shape index (κ3) is 4.82. The van der Waals surface area contributed by atoms with Gasteiger partial charge in [-0.1, -0.05) is 11.6 Å². The molecule has 1 unspecified atom stereocenters. The number of carbonyl (C=O) groups is 1. The van der Waals surface area contributed by atoms with Gasteiger partial charge in [-0.2, -0.15) is 10.2 Å². The van der Waals surface area contributed by atoms with E-state index in [1.807, 2.05) is 4.90 Å². The Morgan fingerprint density at radius 1 is 1.45 bits per heavy atom. The standard InChI is InChI=1S/C19H21BrClN5O3/c1-19(2,3)29-18(28)26-7-6-25(10-11(26)4-5-22)16-12-8-14(21)13(20)9-15(12)23-17(27)24-16/h8-9,11H,4,6-7,10H2,1-3H3,(H,23,24,27). The van der Waals surface area contributed by atoms with Crippen LogP contribution in [0, 0.1) is 11.3 Å². The number of nitrogens with zero attached hydrogens (tertiary/aromatic N) is 4. The first-order valence-electron chi connectivity index (χ1n) is 9.09. The number of carbonyl (C=O) groups excluding carboxylic acids is 1.